The number of ether oxygens (including phenoxy) is 1. The van der Waals surface area contributed by atoms with Gasteiger partial charge in [0.1, 0.15) is 18.6 Å². The quantitative estimate of drug-likeness (QED) is 0.717. The van der Waals surface area contributed by atoms with Crippen molar-refractivity contribution >= 4 is 6.29 Å². The molecule has 0 aliphatic rings. The van der Waals surface area contributed by atoms with Crippen LogP contribution >= 0.6 is 0 Å². The molecule has 1 aromatic carbocycles. The highest BCUT2D eigenvalue weighted by Gasteiger charge is 2.03. The van der Waals surface area contributed by atoms with Crippen LogP contribution in [0.2, 0.25) is 0 Å². The molecule has 0 heterocycles. The standard InChI is InChI=1S/C13H18O3/c1-2-3-11-4-6-13(7-5-11)16-10-12(15)8-9-14/h4-7,9,12,15H,2-3,8,10H2,1H3. The van der Waals surface area contributed by atoms with Gasteiger partial charge in [0.2, 0.25) is 0 Å². The minimum atomic E-state index is -0.715. The van der Waals surface area contributed by atoms with Crippen LogP contribution in [-0.4, -0.2) is 24.1 Å². The summed E-state index contributed by atoms with van der Waals surface area (Å²) in [5, 5.41) is 9.29. The second-order valence-electron chi connectivity index (χ2n) is 3.76. The van der Waals surface area contributed by atoms with Gasteiger partial charge in [0.05, 0.1) is 6.10 Å². The number of aldehydes is 1. The molecule has 3 heteroatoms. The first-order chi connectivity index (χ1) is 7.76. The fourth-order valence-electron chi connectivity index (χ4n) is 1.41. The Morgan fingerprint density at radius 2 is 2.06 bits per heavy atom. The molecule has 0 bridgehead atoms. The van der Waals surface area contributed by atoms with Crippen LogP contribution in [0.3, 0.4) is 0 Å². The molecule has 16 heavy (non-hydrogen) atoms. The van der Waals surface area contributed by atoms with E-state index in [1.54, 1.807) is 0 Å². The Balaban J connectivity index is 2.39. The van der Waals surface area contributed by atoms with Crippen LogP contribution in [-0.2, 0) is 11.2 Å². The molecule has 0 fully saturated rings. The predicted molar refractivity (Wildman–Crippen MR) is 62.6 cm³/mol. The maximum absolute atomic E-state index is 10.1. The number of carbonyl (C=O) groups excluding carboxylic acids is 1. The molecular formula is C13H18O3. The summed E-state index contributed by atoms with van der Waals surface area (Å²) in [5.74, 6) is 0.727. The molecule has 0 radical (unpaired) electrons. The summed E-state index contributed by atoms with van der Waals surface area (Å²) in [7, 11) is 0. The molecule has 0 spiro atoms. The average Bonchev–Trinajstić information content (AvgIpc) is 2.29. The summed E-state index contributed by atoms with van der Waals surface area (Å²) in [4.78, 5) is 10.1. The molecule has 0 amide bonds. The highest BCUT2D eigenvalue weighted by atomic mass is 16.5. The van der Waals surface area contributed by atoms with E-state index < -0.39 is 6.10 Å². The number of rotatable bonds is 7. The third kappa shape index (κ3) is 4.45. The molecule has 0 aliphatic carbocycles. The lowest BCUT2D eigenvalue weighted by Crippen LogP contribution is -2.17. The molecule has 1 rings (SSSR count). The van der Waals surface area contributed by atoms with Gasteiger partial charge in [-0.05, 0) is 24.1 Å². The molecule has 0 saturated heterocycles. The summed E-state index contributed by atoms with van der Waals surface area (Å²) in [5.41, 5.74) is 1.28. The number of aryl methyl sites for hydroxylation is 1. The van der Waals surface area contributed by atoms with Crippen molar-refractivity contribution < 1.29 is 14.6 Å². The van der Waals surface area contributed by atoms with Crippen molar-refractivity contribution in [1.29, 1.82) is 0 Å². The van der Waals surface area contributed by atoms with E-state index in [0.29, 0.717) is 6.29 Å². The predicted octanol–water partition coefficient (Wildman–Crippen LogP) is 1.97. The zero-order valence-corrected chi connectivity index (χ0v) is 9.56. The van der Waals surface area contributed by atoms with E-state index in [9.17, 15) is 9.90 Å². The van der Waals surface area contributed by atoms with Crippen LogP contribution in [0.4, 0.5) is 0 Å². The Bertz CT molecular complexity index is 305. The Morgan fingerprint density at radius 1 is 1.38 bits per heavy atom. The molecule has 1 atom stereocenters. The number of hydrogen-bond acceptors (Lipinski definition) is 3. The molecule has 3 nitrogen and oxygen atoms in total. The first-order valence-corrected chi connectivity index (χ1v) is 5.59. The Morgan fingerprint density at radius 3 is 2.62 bits per heavy atom. The fraction of sp³-hybridized carbons (Fsp3) is 0.462. The summed E-state index contributed by atoms with van der Waals surface area (Å²) in [6.07, 6.45) is 2.28. The monoisotopic (exact) mass is 222 g/mol. The summed E-state index contributed by atoms with van der Waals surface area (Å²) in [6.45, 7) is 2.30. The van der Waals surface area contributed by atoms with Crippen molar-refractivity contribution in [3.63, 3.8) is 0 Å². The number of hydrogen-bond donors (Lipinski definition) is 1. The SMILES string of the molecule is CCCc1ccc(OCC(O)CC=O)cc1. The van der Waals surface area contributed by atoms with Crippen molar-refractivity contribution in [3.05, 3.63) is 29.8 Å². The summed E-state index contributed by atoms with van der Waals surface area (Å²) >= 11 is 0. The van der Waals surface area contributed by atoms with Gasteiger partial charge in [-0.2, -0.15) is 0 Å². The van der Waals surface area contributed by atoms with Crippen LogP contribution in [0.25, 0.3) is 0 Å². The second-order valence-corrected chi connectivity index (χ2v) is 3.76. The van der Waals surface area contributed by atoms with E-state index in [2.05, 4.69) is 6.92 Å². The van der Waals surface area contributed by atoms with Gasteiger partial charge in [-0.1, -0.05) is 25.5 Å². The van der Waals surface area contributed by atoms with Gasteiger partial charge in [0.15, 0.2) is 0 Å². The van der Waals surface area contributed by atoms with Crippen LogP contribution in [0.1, 0.15) is 25.3 Å². The minimum absolute atomic E-state index is 0.119. The molecule has 1 unspecified atom stereocenters. The maximum Gasteiger partial charge on any atom is 0.122 e. The van der Waals surface area contributed by atoms with Crippen LogP contribution < -0.4 is 4.74 Å². The normalized spacial score (nSPS) is 12.1. The highest BCUT2D eigenvalue weighted by molar-refractivity contribution is 5.50. The minimum Gasteiger partial charge on any atom is -0.491 e. The van der Waals surface area contributed by atoms with E-state index >= 15 is 0 Å². The van der Waals surface area contributed by atoms with Crippen molar-refractivity contribution in [2.45, 2.75) is 32.3 Å². The molecule has 0 saturated carbocycles. The van der Waals surface area contributed by atoms with E-state index in [-0.39, 0.29) is 13.0 Å². The number of aliphatic hydroxyl groups is 1. The smallest absolute Gasteiger partial charge is 0.122 e. The highest BCUT2D eigenvalue weighted by Crippen LogP contribution is 2.13. The Labute approximate surface area is 96.1 Å². The van der Waals surface area contributed by atoms with Crippen molar-refractivity contribution in [2.24, 2.45) is 0 Å². The first-order valence-electron chi connectivity index (χ1n) is 5.59. The van der Waals surface area contributed by atoms with E-state index in [1.165, 1.54) is 5.56 Å². The Kier molecular flexibility index (Phi) is 5.57. The largest absolute Gasteiger partial charge is 0.491 e. The van der Waals surface area contributed by atoms with Crippen molar-refractivity contribution in [1.82, 2.24) is 0 Å². The molecule has 88 valence electrons. The molecular weight excluding hydrogens is 204 g/mol. The first kappa shape index (κ1) is 12.7. The number of aliphatic hydroxyl groups excluding tert-OH is 1. The third-order valence-corrected chi connectivity index (χ3v) is 2.27. The van der Waals surface area contributed by atoms with E-state index in [1.807, 2.05) is 24.3 Å². The summed E-state index contributed by atoms with van der Waals surface area (Å²) < 4.78 is 5.34. The number of benzene rings is 1. The van der Waals surface area contributed by atoms with Gasteiger partial charge in [-0.25, -0.2) is 0 Å². The van der Waals surface area contributed by atoms with Gasteiger partial charge >= 0.3 is 0 Å². The fourth-order valence-corrected chi connectivity index (χ4v) is 1.41. The van der Waals surface area contributed by atoms with E-state index in [4.69, 9.17) is 4.74 Å². The van der Waals surface area contributed by atoms with Gasteiger partial charge in [0, 0.05) is 6.42 Å². The molecule has 1 N–H and O–H groups in total. The summed E-state index contributed by atoms with van der Waals surface area (Å²) in [6, 6.07) is 7.81. The second kappa shape index (κ2) is 7.01. The third-order valence-electron chi connectivity index (χ3n) is 2.27. The van der Waals surface area contributed by atoms with Crippen LogP contribution in [0.15, 0.2) is 24.3 Å². The lowest BCUT2D eigenvalue weighted by atomic mass is 10.1. The molecule has 1 aromatic rings. The van der Waals surface area contributed by atoms with Crippen molar-refractivity contribution in [2.75, 3.05) is 6.61 Å². The average molecular weight is 222 g/mol. The van der Waals surface area contributed by atoms with Gasteiger partial charge in [-0.3, -0.25) is 0 Å². The Hall–Kier alpha value is -1.35. The molecule has 0 aliphatic heterocycles. The number of carbonyl (C=O) groups is 1. The van der Waals surface area contributed by atoms with Crippen molar-refractivity contribution in [3.8, 4) is 5.75 Å². The van der Waals surface area contributed by atoms with Gasteiger partial charge < -0.3 is 14.6 Å². The lowest BCUT2D eigenvalue weighted by Gasteiger charge is -2.10. The van der Waals surface area contributed by atoms with Crippen LogP contribution in [0.5, 0.6) is 5.75 Å². The lowest BCUT2D eigenvalue weighted by molar-refractivity contribution is -0.109. The van der Waals surface area contributed by atoms with E-state index in [0.717, 1.165) is 18.6 Å². The maximum atomic E-state index is 10.1. The zero-order valence-electron chi connectivity index (χ0n) is 9.56. The van der Waals surface area contributed by atoms with Gasteiger partial charge in [0.25, 0.3) is 0 Å². The van der Waals surface area contributed by atoms with Crippen LogP contribution in [0, 0.1) is 0 Å². The molecule has 0 aromatic heterocycles. The zero-order chi connectivity index (χ0) is 11.8. The topological polar surface area (TPSA) is 46.5 Å². The van der Waals surface area contributed by atoms with Gasteiger partial charge in [-0.15, -0.1) is 0 Å².